The Bertz CT molecular complexity index is 576. The van der Waals surface area contributed by atoms with Gasteiger partial charge in [0.1, 0.15) is 0 Å². The molecular weight excluding hydrogens is 616 g/mol. The van der Waals surface area contributed by atoms with Crippen molar-refractivity contribution in [3.63, 3.8) is 0 Å². The molecule has 14 heteroatoms. The summed E-state index contributed by atoms with van der Waals surface area (Å²) >= 11 is 0. The van der Waals surface area contributed by atoms with Crippen molar-refractivity contribution in [3.8, 4) is 0 Å². The zero-order valence-corrected chi connectivity index (χ0v) is 19.6. The van der Waals surface area contributed by atoms with Gasteiger partial charge >= 0.3 is 48.9 Å². The molecule has 0 bridgehead atoms. The summed E-state index contributed by atoms with van der Waals surface area (Å²) in [6.07, 6.45) is -2.03. The summed E-state index contributed by atoms with van der Waals surface area (Å²) in [5.41, 5.74) is -1.43. The first-order valence-electron chi connectivity index (χ1n) is 6.38. The molecule has 0 unspecified atom stereocenters. The smallest absolute Gasteiger partial charge is 0.550 e. The Kier molecular flexibility index (Phi) is 26.3. The molecule has 0 aromatic carbocycles. The second kappa shape index (κ2) is 20.4. The predicted molar refractivity (Wildman–Crippen MR) is 82.8 cm³/mol. The van der Waals surface area contributed by atoms with Crippen molar-refractivity contribution < 1.29 is 59.4 Å². The molecule has 29 heavy (non-hydrogen) atoms. The molecular formula is C15H12O12Sb2. The Morgan fingerprint density at radius 1 is 0.448 bits per heavy atom. The molecule has 0 fully saturated rings. The summed E-state index contributed by atoms with van der Waals surface area (Å²) < 4.78 is 0. The van der Waals surface area contributed by atoms with Crippen molar-refractivity contribution in [2.24, 2.45) is 0 Å². The third-order valence-corrected chi connectivity index (χ3v) is 1.94. The van der Waals surface area contributed by atoms with E-state index in [1.807, 2.05) is 0 Å². The van der Waals surface area contributed by atoms with Gasteiger partial charge in [-0.2, -0.15) is 0 Å². The molecule has 0 atom stereocenters. The van der Waals surface area contributed by atoms with Crippen LogP contribution in [0.4, 0.5) is 0 Å². The molecule has 0 heterocycles. The van der Waals surface area contributed by atoms with E-state index in [0.717, 1.165) is 0 Å². The minimum Gasteiger partial charge on any atom is -0.550 e. The minimum atomic E-state index is -1.56. The first-order valence-corrected chi connectivity index (χ1v) is 6.38. The maximum absolute atomic E-state index is 9.73. The maximum Gasteiger partial charge on any atom is 3.00 e. The fraction of sp³-hybridized carbons (Fsp3) is 0.200. The molecule has 0 aliphatic heterocycles. The van der Waals surface area contributed by atoms with Gasteiger partial charge in [0.15, 0.2) is 0 Å². The van der Waals surface area contributed by atoms with E-state index in [0.29, 0.717) is 0 Å². The summed E-state index contributed by atoms with van der Waals surface area (Å²) in [5, 5.41) is 58.2. The quantitative estimate of drug-likeness (QED) is 0.171. The zero-order chi connectivity index (χ0) is 22.3. The topological polar surface area (TPSA) is 241 Å². The van der Waals surface area contributed by atoms with Gasteiger partial charge in [0.25, 0.3) is 0 Å². The molecule has 154 valence electrons. The van der Waals surface area contributed by atoms with Crippen molar-refractivity contribution in [1.82, 2.24) is 0 Å². The van der Waals surface area contributed by atoms with Crippen LogP contribution in [-0.2, 0) is 28.8 Å². The van der Waals surface area contributed by atoms with E-state index in [2.05, 4.69) is 19.7 Å². The van der Waals surface area contributed by atoms with Crippen LogP contribution in [0.3, 0.4) is 0 Å². The van der Waals surface area contributed by atoms with E-state index >= 15 is 0 Å². The van der Waals surface area contributed by atoms with E-state index in [1.54, 1.807) is 0 Å². The molecule has 0 saturated carbocycles. The summed E-state index contributed by atoms with van der Waals surface area (Å²) in [4.78, 5) is 58.2. The van der Waals surface area contributed by atoms with E-state index in [4.69, 9.17) is 0 Å². The van der Waals surface area contributed by atoms with Gasteiger partial charge in [0.2, 0.25) is 0 Å². The number of aliphatic carboxylic acids is 6. The molecule has 0 aromatic rings. The van der Waals surface area contributed by atoms with E-state index in [-0.39, 0.29) is 48.9 Å². The first-order chi connectivity index (χ1) is 12.1. The van der Waals surface area contributed by atoms with Crippen molar-refractivity contribution in [3.05, 3.63) is 36.5 Å². The molecule has 0 rings (SSSR count). The van der Waals surface area contributed by atoms with Crippen molar-refractivity contribution in [2.75, 3.05) is 0 Å². The van der Waals surface area contributed by atoms with Crippen LogP contribution in [0.2, 0.25) is 0 Å². The van der Waals surface area contributed by atoms with Crippen LogP contribution in [0, 0.1) is 0 Å². The normalized spacial score (nSPS) is 7.86. The monoisotopic (exact) mass is 626 g/mol. The van der Waals surface area contributed by atoms with Crippen LogP contribution in [0.15, 0.2) is 36.5 Å². The number of carboxylic acids is 6. The Balaban J connectivity index is -0.0000000960. The number of hydrogen-bond acceptors (Lipinski definition) is 12. The van der Waals surface area contributed by atoms with Crippen molar-refractivity contribution >= 4 is 84.7 Å². The number of rotatable bonds is 9. The third-order valence-electron chi connectivity index (χ3n) is 1.94. The Hall–Kier alpha value is -2.32. The van der Waals surface area contributed by atoms with Crippen molar-refractivity contribution in [1.29, 1.82) is 0 Å². The minimum absolute atomic E-state index is 0. The molecule has 0 aliphatic rings. The van der Waals surface area contributed by atoms with E-state index in [9.17, 15) is 59.4 Å². The van der Waals surface area contributed by atoms with E-state index < -0.39 is 71.8 Å². The van der Waals surface area contributed by atoms with Crippen LogP contribution in [0.25, 0.3) is 0 Å². The SMILES string of the molecule is C=C(CC(=O)[O-])C(=O)[O-].C=C(CC(=O)[O-])C(=O)[O-].C=C(CC(=O)[O-])C(=O)[O-].[Sb+3].[Sb+3]. The standard InChI is InChI=1S/3C5H6O4.2Sb/c3*1-3(5(8)9)2-4(6)7;;/h3*1-2H2,(H,6,7)(H,8,9);;/q;;;2*+3/p-6. The number of carboxylic acid groups (broad SMARTS) is 6. The van der Waals surface area contributed by atoms with Gasteiger partial charge in [-0.3, -0.25) is 0 Å². The zero-order valence-electron chi connectivity index (χ0n) is 14.5. The van der Waals surface area contributed by atoms with Gasteiger partial charge in [-0.25, -0.2) is 0 Å². The summed E-state index contributed by atoms with van der Waals surface area (Å²) in [6, 6.07) is 0. The van der Waals surface area contributed by atoms with Gasteiger partial charge < -0.3 is 59.4 Å². The Morgan fingerprint density at radius 3 is 0.621 bits per heavy atom. The number of carbonyl (C=O) groups excluding carboxylic acids is 6. The molecule has 0 aromatic heterocycles. The Morgan fingerprint density at radius 2 is 0.586 bits per heavy atom. The number of carbonyl (C=O) groups is 6. The second-order valence-corrected chi connectivity index (χ2v) is 4.32. The van der Waals surface area contributed by atoms with Gasteiger partial charge in [0, 0.05) is 37.2 Å². The van der Waals surface area contributed by atoms with Crippen LogP contribution in [-0.4, -0.2) is 84.7 Å². The van der Waals surface area contributed by atoms with Gasteiger partial charge in [-0.15, -0.1) is 0 Å². The molecule has 0 saturated heterocycles. The molecule has 0 amide bonds. The number of hydrogen-bond donors (Lipinski definition) is 0. The molecule has 0 spiro atoms. The van der Waals surface area contributed by atoms with Gasteiger partial charge in [-0.05, 0) is 16.7 Å². The fourth-order valence-electron chi connectivity index (χ4n) is 0.739. The summed E-state index contributed by atoms with van der Waals surface area (Å²) in [6.45, 7) is 8.73. The average Bonchev–Trinajstić information content (AvgIpc) is 2.46. The summed E-state index contributed by atoms with van der Waals surface area (Å²) in [5.74, 6) is -9.07. The largest absolute Gasteiger partial charge is 3.00 e. The van der Waals surface area contributed by atoms with Crippen LogP contribution < -0.4 is 30.6 Å². The molecule has 0 aliphatic carbocycles. The molecule has 0 N–H and O–H groups in total. The van der Waals surface area contributed by atoms with Crippen LogP contribution in [0.5, 0.6) is 0 Å². The summed E-state index contributed by atoms with van der Waals surface area (Å²) in [7, 11) is 0. The molecule has 12 nitrogen and oxygen atoms in total. The molecule has 4 radical (unpaired) electrons. The fourth-order valence-corrected chi connectivity index (χ4v) is 0.739. The van der Waals surface area contributed by atoms with Gasteiger partial charge in [-0.1, -0.05) is 19.7 Å². The second-order valence-electron chi connectivity index (χ2n) is 4.32. The van der Waals surface area contributed by atoms with Crippen molar-refractivity contribution in [2.45, 2.75) is 19.3 Å². The average molecular weight is 628 g/mol. The van der Waals surface area contributed by atoms with Crippen LogP contribution >= 0.6 is 0 Å². The first kappa shape index (κ1) is 37.4. The third kappa shape index (κ3) is 30.6. The van der Waals surface area contributed by atoms with E-state index in [1.165, 1.54) is 0 Å². The predicted octanol–water partition coefficient (Wildman–Crippen LogP) is -8.46. The van der Waals surface area contributed by atoms with Gasteiger partial charge in [0.05, 0.1) is 17.9 Å². The van der Waals surface area contributed by atoms with Crippen LogP contribution in [0.1, 0.15) is 19.3 Å². The Labute approximate surface area is 199 Å². The maximum atomic E-state index is 9.73.